The van der Waals surface area contributed by atoms with Crippen LogP contribution in [0.4, 0.5) is 0 Å². The van der Waals surface area contributed by atoms with Gasteiger partial charge >= 0.3 is 5.69 Å². The number of amides is 1. The highest BCUT2D eigenvalue weighted by Crippen LogP contribution is 2.38. The van der Waals surface area contributed by atoms with Crippen molar-refractivity contribution in [3.05, 3.63) is 56.9 Å². The lowest BCUT2D eigenvalue weighted by molar-refractivity contribution is -0.121. The highest BCUT2D eigenvalue weighted by atomic mass is 16.2. The third-order valence-corrected chi connectivity index (χ3v) is 3.68. The summed E-state index contributed by atoms with van der Waals surface area (Å²) < 4.78 is 1.29. The summed E-state index contributed by atoms with van der Waals surface area (Å²) in [4.78, 5) is 44.8. The molecular formula is C15H17N5O3. The predicted octanol–water partition coefficient (Wildman–Crippen LogP) is -0.0895. The summed E-state index contributed by atoms with van der Waals surface area (Å²) in [7, 11) is 0. The van der Waals surface area contributed by atoms with Gasteiger partial charge < -0.3 is 9.88 Å². The molecule has 23 heavy (non-hydrogen) atoms. The molecule has 0 bridgehead atoms. The SMILES string of the molecule is O=C(CCn1ccc(=O)[nH]c1=O)NCc1cc(C2CC2)ncn1. The molecule has 1 fully saturated rings. The number of carbonyl (C=O) groups excluding carboxylic acids is 1. The Balaban J connectivity index is 1.50. The summed E-state index contributed by atoms with van der Waals surface area (Å²) in [5.74, 6) is 0.356. The standard InChI is InChI=1S/C15H17N5O3/c21-13(3-5-20-6-4-14(22)19-15(20)23)16-8-11-7-12(10-1-2-10)18-9-17-11/h4,6-7,9-10H,1-3,5,8H2,(H,16,21)(H,19,22,23). The van der Waals surface area contributed by atoms with Crippen LogP contribution in [0.5, 0.6) is 0 Å². The fourth-order valence-electron chi connectivity index (χ4n) is 2.23. The number of hydrogen-bond acceptors (Lipinski definition) is 5. The Morgan fingerprint density at radius 1 is 1.35 bits per heavy atom. The van der Waals surface area contributed by atoms with Crippen LogP contribution in [0.25, 0.3) is 0 Å². The third kappa shape index (κ3) is 4.12. The molecule has 3 rings (SSSR count). The van der Waals surface area contributed by atoms with Crippen molar-refractivity contribution in [2.45, 2.75) is 38.3 Å². The van der Waals surface area contributed by atoms with E-state index in [1.165, 1.54) is 23.2 Å². The summed E-state index contributed by atoms with van der Waals surface area (Å²) in [5.41, 5.74) is 0.835. The molecule has 2 aromatic heterocycles. The number of aryl methyl sites for hydroxylation is 1. The summed E-state index contributed by atoms with van der Waals surface area (Å²) in [6, 6.07) is 3.17. The van der Waals surface area contributed by atoms with Gasteiger partial charge in [0.2, 0.25) is 5.91 Å². The van der Waals surface area contributed by atoms with Crippen LogP contribution in [0.2, 0.25) is 0 Å². The molecule has 1 aliphatic carbocycles. The van der Waals surface area contributed by atoms with Crippen molar-refractivity contribution in [2.24, 2.45) is 0 Å². The first-order chi connectivity index (χ1) is 11.1. The van der Waals surface area contributed by atoms with Crippen LogP contribution >= 0.6 is 0 Å². The van der Waals surface area contributed by atoms with Crippen molar-refractivity contribution in [3.63, 3.8) is 0 Å². The van der Waals surface area contributed by atoms with Crippen molar-refractivity contribution in [3.8, 4) is 0 Å². The van der Waals surface area contributed by atoms with Gasteiger partial charge in [-0.05, 0) is 18.9 Å². The maximum absolute atomic E-state index is 11.9. The second-order valence-corrected chi connectivity index (χ2v) is 5.54. The lowest BCUT2D eigenvalue weighted by Gasteiger charge is -2.07. The molecular weight excluding hydrogens is 298 g/mol. The number of hydrogen-bond donors (Lipinski definition) is 2. The van der Waals surface area contributed by atoms with E-state index in [0.717, 1.165) is 24.2 Å². The Bertz CT molecular complexity index is 822. The summed E-state index contributed by atoms with van der Waals surface area (Å²) in [6.07, 6.45) is 5.37. The number of nitrogens with zero attached hydrogens (tertiary/aromatic N) is 3. The molecule has 120 valence electrons. The maximum Gasteiger partial charge on any atom is 0.328 e. The van der Waals surface area contributed by atoms with Crippen molar-refractivity contribution in [1.82, 2.24) is 24.8 Å². The van der Waals surface area contributed by atoms with Crippen LogP contribution in [0.15, 0.2) is 34.2 Å². The zero-order chi connectivity index (χ0) is 16.2. The Morgan fingerprint density at radius 3 is 2.91 bits per heavy atom. The van der Waals surface area contributed by atoms with Gasteiger partial charge in [-0.25, -0.2) is 14.8 Å². The molecule has 0 aliphatic heterocycles. The molecule has 0 radical (unpaired) electrons. The van der Waals surface area contributed by atoms with Gasteiger partial charge in [-0.15, -0.1) is 0 Å². The molecule has 2 heterocycles. The minimum atomic E-state index is -0.518. The van der Waals surface area contributed by atoms with Crippen molar-refractivity contribution >= 4 is 5.91 Å². The minimum absolute atomic E-state index is 0.145. The van der Waals surface area contributed by atoms with Gasteiger partial charge in [0.25, 0.3) is 5.56 Å². The fourth-order valence-corrected chi connectivity index (χ4v) is 2.23. The molecule has 1 aliphatic rings. The van der Waals surface area contributed by atoms with Gasteiger partial charge in [0.15, 0.2) is 0 Å². The molecule has 2 aromatic rings. The quantitative estimate of drug-likeness (QED) is 0.774. The van der Waals surface area contributed by atoms with E-state index < -0.39 is 11.2 Å². The minimum Gasteiger partial charge on any atom is -0.350 e. The fraction of sp³-hybridized carbons (Fsp3) is 0.400. The van der Waals surface area contributed by atoms with Gasteiger partial charge in [0, 0.05) is 36.8 Å². The monoisotopic (exact) mass is 315 g/mol. The van der Waals surface area contributed by atoms with Crippen molar-refractivity contribution in [2.75, 3.05) is 0 Å². The lowest BCUT2D eigenvalue weighted by Crippen LogP contribution is -2.31. The van der Waals surface area contributed by atoms with Gasteiger partial charge in [-0.2, -0.15) is 0 Å². The maximum atomic E-state index is 11.9. The molecule has 2 N–H and O–H groups in total. The Morgan fingerprint density at radius 2 is 2.17 bits per heavy atom. The molecule has 0 unspecified atom stereocenters. The Kier molecular flexibility index (Phi) is 4.31. The smallest absolute Gasteiger partial charge is 0.328 e. The van der Waals surface area contributed by atoms with E-state index >= 15 is 0 Å². The number of aromatic nitrogens is 4. The highest BCUT2D eigenvalue weighted by molar-refractivity contribution is 5.75. The van der Waals surface area contributed by atoms with Crippen LogP contribution in [0, 0.1) is 0 Å². The zero-order valence-corrected chi connectivity index (χ0v) is 12.5. The summed E-state index contributed by atoms with van der Waals surface area (Å²) in [5, 5.41) is 2.77. The summed E-state index contributed by atoms with van der Waals surface area (Å²) in [6.45, 7) is 0.542. The van der Waals surface area contributed by atoms with Gasteiger partial charge in [-0.3, -0.25) is 14.6 Å². The Labute approximate surface area is 131 Å². The largest absolute Gasteiger partial charge is 0.350 e. The average molecular weight is 315 g/mol. The lowest BCUT2D eigenvalue weighted by atomic mass is 10.2. The molecule has 0 aromatic carbocycles. The van der Waals surface area contributed by atoms with Gasteiger partial charge in [0.05, 0.1) is 12.2 Å². The Hall–Kier alpha value is -2.77. The van der Waals surface area contributed by atoms with Crippen LogP contribution in [0.1, 0.15) is 36.6 Å². The zero-order valence-electron chi connectivity index (χ0n) is 12.5. The van der Waals surface area contributed by atoms with E-state index in [0.29, 0.717) is 12.5 Å². The number of H-pyrrole nitrogens is 1. The van der Waals surface area contributed by atoms with E-state index in [1.54, 1.807) is 0 Å². The van der Waals surface area contributed by atoms with Crippen LogP contribution < -0.4 is 16.6 Å². The van der Waals surface area contributed by atoms with Crippen molar-refractivity contribution < 1.29 is 4.79 Å². The predicted molar refractivity (Wildman–Crippen MR) is 81.8 cm³/mol. The molecule has 0 spiro atoms. The number of rotatable bonds is 6. The highest BCUT2D eigenvalue weighted by Gasteiger charge is 2.25. The molecule has 8 heteroatoms. The van der Waals surface area contributed by atoms with E-state index in [9.17, 15) is 14.4 Å². The first-order valence-electron chi connectivity index (χ1n) is 7.49. The van der Waals surface area contributed by atoms with E-state index in [4.69, 9.17) is 0 Å². The van der Waals surface area contributed by atoms with Gasteiger partial charge in [0.1, 0.15) is 6.33 Å². The topological polar surface area (TPSA) is 110 Å². The van der Waals surface area contributed by atoms with E-state index in [1.807, 2.05) is 6.07 Å². The first-order valence-corrected chi connectivity index (χ1v) is 7.49. The van der Waals surface area contributed by atoms with Crippen LogP contribution in [0.3, 0.4) is 0 Å². The number of carbonyl (C=O) groups is 1. The molecule has 1 saturated carbocycles. The van der Waals surface area contributed by atoms with Crippen LogP contribution in [-0.4, -0.2) is 25.4 Å². The molecule has 0 saturated heterocycles. The summed E-state index contributed by atoms with van der Waals surface area (Å²) >= 11 is 0. The normalized spacial score (nSPS) is 13.7. The van der Waals surface area contributed by atoms with Crippen molar-refractivity contribution in [1.29, 1.82) is 0 Å². The number of aromatic amines is 1. The average Bonchev–Trinajstić information content (AvgIpc) is 3.37. The third-order valence-electron chi connectivity index (χ3n) is 3.68. The number of nitrogens with one attached hydrogen (secondary N) is 2. The molecule has 0 atom stereocenters. The molecule has 8 nitrogen and oxygen atoms in total. The van der Waals surface area contributed by atoms with Crippen LogP contribution in [-0.2, 0) is 17.9 Å². The van der Waals surface area contributed by atoms with E-state index in [2.05, 4.69) is 20.3 Å². The second-order valence-electron chi connectivity index (χ2n) is 5.54. The van der Waals surface area contributed by atoms with Gasteiger partial charge in [-0.1, -0.05) is 0 Å². The molecule has 1 amide bonds. The second kappa shape index (κ2) is 6.55. The first kappa shape index (κ1) is 15.1. The van der Waals surface area contributed by atoms with E-state index in [-0.39, 0.29) is 18.9 Å².